The van der Waals surface area contributed by atoms with E-state index in [0.717, 1.165) is 9.87 Å². The van der Waals surface area contributed by atoms with E-state index in [-0.39, 0.29) is 16.3 Å². The number of nitrogens with one attached hydrogen (secondary N) is 1. The van der Waals surface area contributed by atoms with Gasteiger partial charge in [0.05, 0.1) is 26.5 Å². The summed E-state index contributed by atoms with van der Waals surface area (Å²) in [5.41, 5.74) is 1.54. The van der Waals surface area contributed by atoms with Crippen molar-refractivity contribution >= 4 is 27.3 Å². The average molecular weight is 485 g/mol. The molecule has 0 aliphatic heterocycles. The van der Waals surface area contributed by atoms with Crippen LogP contribution >= 0.6 is 0 Å². The van der Waals surface area contributed by atoms with Crippen LogP contribution < -0.4 is 23.8 Å². The van der Waals surface area contributed by atoms with E-state index in [0.29, 0.717) is 23.8 Å². The van der Waals surface area contributed by atoms with Crippen LogP contribution in [-0.2, 0) is 14.8 Å². The van der Waals surface area contributed by atoms with Gasteiger partial charge >= 0.3 is 0 Å². The van der Waals surface area contributed by atoms with Crippen LogP contribution in [-0.4, -0.2) is 41.7 Å². The molecule has 1 N–H and O–H groups in total. The van der Waals surface area contributed by atoms with E-state index in [9.17, 15) is 13.2 Å². The van der Waals surface area contributed by atoms with Crippen molar-refractivity contribution in [2.75, 3.05) is 37.0 Å². The lowest BCUT2D eigenvalue weighted by Gasteiger charge is -2.25. The van der Waals surface area contributed by atoms with E-state index in [1.807, 2.05) is 6.92 Å². The Morgan fingerprint density at radius 1 is 0.941 bits per heavy atom. The van der Waals surface area contributed by atoms with E-state index in [2.05, 4.69) is 5.32 Å². The van der Waals surface area contributed by atoms with Crippen molar-refractivity contribution in [3.63, 3.8) is 0 Å². The Balaban J connectivity index is 1.97. The first-order chi connectivity index (χ1) is 16.3. The Morgan fingerprint density at radius 2 is 1.68 bits per heavy atom. The molecule has 0 aromatic heterocycles. The summed E-state index contributed by atoms with van der Waals surface area (Å²) >= 11 is 0. The number of benzene rings is 3. The number of hydrogen-bond donors (Lipinski definition) is 1. The number of aryl methyl sites for hydroxylation is 1. The number of sulfonamides is 1. The summed E-state index contributed by atoms with van der Waals surface area (Å²) in [6, 6.07) is 18.2. The van der Waals surface area contributed by atoms with Crippen molar-refractivity contribution in [1.82, 2.24) is 0 Å². The van der Waals surface area contributed by atoms with Crippen LogP contribution in [0.2, 0.25) is 0 Å². The number of methoxy groups -OCH3 is 2. The SMILES string of the molecule is CCOc1ccc(NC(=O)CN(c2cccc(OC)c2)S(=O)(=O)c2cc(C)ccc2OC)cc1. The maximum Gasteiger partial charge on any atom is 0.268 e. The largest absolute Gasteiger partial charge is 0.497 e. The highest BCUT2D eigenvalue weighted by Crippen LogP contribution is 2.32. The zero-order chi connectivity index (χ0) is 24.7. The van der Waals surface area contributed by atoms with Gasteiger partial charge in [0.1, 0.15) is 28.7 Å². The van der Waals surface area contributed by atoms with Crippen LogP contribution in [0, 0.1) is 6.92 Å². The van der Waals surface area contributed by atoms with E-state index in [1.165, 1.54) is 20.3 Å². The third kappa shape index (κ3) is 5.79. The Kier molecular flexibility index (Phi) is 8.01. The summed E-state index contributed by atoms with van der Waals surface area (Å²) in [6.07, 6.45) is 0. The Bertz CT molecular complexity index is 1240. The molecule has 34 heavy (non-hydrogen) atoms. The molecule has 180 valence electrons. The van der Waals surface area contributed by atoms with Gasteiger partial charge in [0.2, 0.25) is 5.91 Å². The third-order valence-electron chi connectivity index (χ3n) is 4.96. The Labute approximate surface area is 200 Å². The average Bonchev–Trinajstić information content (AvgIpc) is 2.84. The fourth-order valence-electron chi connectivity index (χ4n) is 3.32. The van der Waals surface area contributed by atoms with Crippen LogP contribution in [0.15, 0.2) is 71.6 Å². The van der Waals surface area contributed by atoms with Gasteiger partial charge in [0.15, 0.2) is 0 Å². The van der Waals surface area contributed by atoms with Crippen molar-refractivity contribution in [3.8, 4) is 17.2 Å². The van der Waals surface area contributed by atoms with Gasteiger partial charge in [-0.2, -0.15) is 0 Å². The maximum atomic E-state index is 13.8. The molecule has 0 bridgehead atoms. The summed E-state index contributed by atoms with van der Waals surface area (Å²) in [5, 5.41) is 2.74. The molecule has 9 heteroatoms. The molecule has 0 spiro atoms. The Morgan fingerprint density at radius 3 is 2.32 bits per heavy atom. The van der Waals surface area contributed by atoms with Crippen molar-refractivity contribution in [2.24, 2.45) is 0 Å². The van der Waals surface area contributed by atoms with Gasteiger partial charge < -0.3 is 19.5 Å². The third-order valence-corrected chi connectivity index (χ3v) is 6.76. The summed E-state index contributed by atoms with van der Waals surface area (Å²) in [6.45, 7) is 3.74. The first kappa shape index (κ1) is 24.9. The van der Waals surface area contributed by atoms with Crippen molar-refractivity contribution < 1.29 is 27.4 Å². The van der Waals surface area contributed by atoms with Crippen molar-refractivity contribution in [1.29, 1.82) is 0 Å². The lowest BCUT2D eigenvalue weighted by Crippen LogP contribution is -2.38. The molecule has 0 saturated carbocycles. The molecule has 0 saturated heterocycles. The first-order valence-corrected chi connectivity index (χ1v) is 12.1. The molecule has 0 heterocycles. The van der Waals surface area contributed by atoms with Gasteiger partial charge in [-0.1, -0.05) is 12.1 Å². The number of amides is 1. The molecular weight excluding hydrogens is 456 g/mol. The van der Waals surface area contributed by atoms with E-state index in [4.69, 9.17) is 14.2 Å². The molecule has 1 amide bonds. The first-order valence-electron chi connectivity index (χ1n) is 10.6. The molecule has 0 atom stereocenters. The van der Waals surface area contributed by atoms with E-state index in [1.54, 1.807) is 67.6 Å². The molecule has 3 aromatic carbocycles. The monoisotopic (exact) mass is 484 g/mol. The van der Waals surface area contributed by atoms with Crippen LogP contribution in [0.3, 0.4) is 0 Å². The number of ether oxygens (including phenoxy) is 3. The zero-order valence-corrected chi connectivity index (χ0v) is 20.4. The number of nitrogens with zero attached hydrogens (tertiary/aromatic N) is 1. The van der Waals surface area contributed by atoms with Gasteiger partial charge in [-0.25, -0.2) is 8.42 Å². The molecule has 0 fully saturated rings. The lowest BCUT2D eigenvalue weighted by molar-refractivity contribution is -0.114. The second-order valence-electron chi connectivity index (χ2n) is 7.37. The van der Waals surface area contributed by atoms with Crippen LogP contribution in [0.1, 0.15) is 12.5 Å². The van der Waals surface area contributed by atoms with Gasteiger partial charge in [0, 0.05) is 11.8 Å². The number of hydrogen-bond acceptors (Lipinski definition) is 6. The molecule has 0 unspecified atom stereocenters. The topological polar surface area (TPSA) is 94.2 Å². The highest BCUT2D eigenvalue weighted by atomic mass is 32.2. The van der Waals surface area contributed by atoms with Crippen molar-refractivity contribution in [2.45, 2.75) is 18.7 Å². The van der Waals surface area contributed by atoms with Crippen LogP contribution in [0.25, 0.3) is 0 Å². The number of carbonyl (C=O) groups excluding carboxylic acids is 1. The van der Waals surface area contributed by atoms with E-state index >= 15 is 0 Å². The van der Waals surface area contributed by atoms with Crippen molar-refractivity contribution in [3.05, 3.63) is 72.3 Å². The van der Waals surface area contributed by atoms with Gasteiger partial charge in [-0.3, -0.25) is 9.10 Å². The lowest BCUT2D eigenvalue weighted by atomic mass is 10.2. The van der Waals surface area contributed by atoms with Gasteiger partial charge in [0.25, 0.3) is 10.0 Å². The minimum Gasteiger partial charge on any atom is -0.497 e. The molecule has 3 aromatic rings. The Hall–Kier alpha value is -3.72. The fraction of sp³-hybridized carbons (Fsp3) is 0.240. The quantitative estimate of drug-likeness (QED) is 0.463. The maximum absolute atomic E-state index is 13.8. The summed E-state index contributed by atoms with van der Waals surface area (Å²) in [7, 11) is -1.29. The zero-order valence-electron chi connectivity index (χ0n) is 19.6. The molecular formula is C25H28N2O6S. The normalized spacial score (nSPS) is 10.9. The van der Waals surface area contributed by atoms with Gasteiger partial charge in [-0.15, -0.1) is 0 Å². The molecule has 3 rings (SSSR count). The number of rotatable bonds is 10. The predicted octanol–water partition coefficient (Wildman–Crippen LogP) is 4.24. The highest BCUT2D eigenvalue weighted by Gasteiger charge is 2.30. The fourth-order valence-corrected chi connectivity index (χ4v) is 4.97. The second-order valence-corrected chi connectivity index (χ2v) is 9.20. The number of carbonyl (C=O) groups is 1. The van der Waals surface area contributed by atoms with E-state index < -0.39 is 22.5 Å². The molecule has 0 aliphatic rings. The van der Waals surface area contributed by atoms with Crippen LogP contribution in [0.4, 0.5) is 11.4 Å². The minimum absolute atomic E-state index is 0.0355. The molecule has 8 nitrogen and oxygen atoms in total. The highest BCUT2D eigenvalue weighted by molar-refractivity contribution is 7.93. The second kappa shape index (κ2) is 10.9. The minimum atomic E-state index is -4.17. The standard InChI is InChI=1S/C25H28N2O6S/c1-5-33-21-12-10-19(11-13-21)26-25(28)17-27(20-7-6-8-22(16-20)31-3)34(29,30)24-15-18(2)9-14-23(24)32-4/h6-16H,5,17H2,1-4H3,(H,26,28). The summed E-state index contributed by atoms with van der Waals surface area (Å²) in [4.78, 5) is 12.9. The van der Waals surface area contributed by atoms with Gasteiger partial charge in [-0.05, 0) is 67.9 Å². The van der Waals surface area contributed by atoms with Crippen LogP contribution in [0.5, 0.6) is 17.2 Å². The number of anilines is 2. The molecule has 0 radical (unpaired) electrons. The summed E-state index contributed by atoms with van der Waals surface area (Å²) < 4.78 is 44.6. The summed E-state index contributed by atoms with van der Waals surface area (Å²) in [5.74, 6) is 0.807. The smallest absolute Gasteiger partial charge is 0.268 e. The predicted molar refractivity (Wildman–Crippen MR) is 131 cm³/mol. The molecule has 0 aliphatic carbocycles.